The molecule has 2 heterocycles. The fourth-order valence-electron chi connectivity index (χ4n) is 9.11. The quantitative estimate of drug-likeness (QED) is 0.199. The zero-order valence-corrected chi connectivity index (χ0v) is 28.6. The van der Waals surface area contributed by atoms with Crippen molar-refractivity contribution >= 4 is 35.1 Å². The third-order valence-electron chi connectivity index (χ3n) is 10.9. The highest BCUT2D eigenvalue weighted by Gasteiger charge is 2.66. The first-order chi connectivity index (χ1) is 22.6. The monoisotopic (exact) mass is 676 g/mol. The van der Waals surface area contributed by atoms with Crippen LogP contribution in [0.15, 0.2) is 60.7 Å². The number of carbonyl (C=O) groups excluding carboxylic acids is 2. The van der Waals surface area contributed by atoms with Crippen LogP contribution in [0.1, 0.15) is 68.4 Å². The van der Waals surface area contributed by atoms with Gasteiger partial charge in [-0.15, -0.1) is 0 Å². The SMILES string of the molecule is CC(=O)Oc1ccc2c3c1O[C@H]1[C@H](N(CC(C)C)C(=O)Cc4ccc(Cl)c(Cl)c4)CC[C@H]4[C@@H](C2)N(CC(O)c2ccccc2)CC[C@@]341. The Morgan fingerprint density at radius 3 is 2.60 bits per heavy atom. The van der Waals surface area contributed by atoms with E-state index in [0.717, 1.165) is 48.9 Å². The molecule has 1 unspecified atom stereocenters. The molecule has 248 valence electrons. The van der Waals surface area contributed by atoms with Gasteiger partial charge in [0, 0.05) is 37.0 Å². The van der Waals surface area contributed by atoms with Gasteiger partial charge in [-0.2, -0.15) is 0 Å². The maximum absolute atomic E-state index is 14.2. The summed E-state index contributed by atoms with van der Waals surface area (Å²) in [7, 11) is 0. The van der Waals surface area contributed by atoms with Crippen molar-refractivity contribution in [3.63, 3.8) is 0 Å². The van der Waals surface area contributed by atoms with Crippen LogP contribution in [-0.2, 0) is 27.8 Å². The fourth-order valence-corrected chi connectivity index (χ4v) is 9.43. The average molecular weight is 678 g/mol. The lowest BCUT2D eigenvalue weighted by atomic mass is 9.51. The maximum Gasteiger partial charge on any atom is 0.308 e. The van der Waals surface area contributed by atoms with E-state index in [0.29, 0.717) is 34.6 Å². The smallest absolute Gasteiger partial charge is 0.308 e. The number of esters is 1. The molecule has 0 aromatic heterocycles. The number of hydrogen-bond acceptors (Lipinski definition) is 6. The normalized spacial score (nSPS) is 26.4. The number of β-amino-alcohol motifs (C(OH)–C–C–N with tert-alkyl or cyclic N) is 1. The molecule has 9 heteroatoms. The second kappa shape index (κ2) is 12.7. The van der Waals surface area contributed by atoms with Gasteiger partial charge in [-0.3, -0.25) is 14.5 Å². The highest BCUT2D eigenvalue weighted by molar-refractivity contribution is 6.42. The van der Waals surface area contributed by atoms with Gasteiger partial charge >= 0.3 is 5.97 Å². The first-order valence-corrected chi connectivity index (χ1v) is 17.5. The molecule has 2 bridgehead atoms. The second-order valence-corrected chi connectivity index (χ2v) is 15.0. The Kier molecular flexibility index (Phi) is 8.79. The van der Waals surface area contributed by atoms with E-state index in [2.05, 4.69) is 29.7 Å². The van der Waals surface area contributed by atoms with Crippen molar-refractivity contribution in [1.82, 2.24) is 9.80 Å². The molecule has 7 rings (SSSR count). The van der Waals surface area contributed by atoms with Crippen molar-refractivity contribution in [2.45, 2.75) is 82.6 Å². The van der Waals surface area contributed by atoms with Gasteiger partial charge in [0.25, 0.3) is 0 Å². The van der Waals surface area contributed by atoms with E-state index < -0.39 is 6.10 Å². The van der Waals surface area contributed by atoms with E-state index in [-0.39, 0.29) is 53.7 Å². The first kappa shape index (κ1) is 32.4. The summed E-state index contributed by atoms with van der Waals surface area (Å²) in [5.41, 5.74) is 3.78. The van der Waals surface area contributed by atoms with Gasteiger partial charge in [-0.1, -0.05) is 79.5 Å². The van der Waals surface area contributed by atoms with Crippen LogP contribution in [0.25, 0.3) is 0 Å². The molecule has 1 saturated heterocycles. The van der Waals surface area contributed by atoms with E-state index >= 15 is 0 Å². The molecule has 2 aliphatic heterocycles. The minimum absolute atomic E-state index is 0.0349. The summed E-state index contributed by atoms with van der Waals surface area (Å²) < 4.78 is 12.8. The molecular formula is C38H42Cl2N2O5. The lowest BCUT2D eigenvalue weighted by molar-refractivity contribution is -0.143. The summed E-state index contributed by atoms with van der Waals surface area (Å²) in [6.45, 7) is 7.65. The molecule has 1 N–H and O–H groups in total. The number of benzene rings is 3. The van der Waals surface area contributed by atoms with E-state index in [9.17, 15) is 14.7 Å². The predicted molar refractivity (Wildman–Crippen MR) is 182 cm³/mol. The number of likely N-dealkylation sites (tertiary alicyclic amines) is 1. The number of rotatable bonds is 9. The van der Waals surface area contributed by atoms with E-state index in [1.54, 1.807) is 12.1 Å². The topological polar surface area (TPSA) is 79.3 Å². The number of aliphatic hydroxyl groups excluding tert-OH is 1. The maximum atomic E-state index is 14.2. The van der Waals surface area contributed by atoms with Crippen molar-refractivity contribution in [3.05, 3.63) is 93.0 Å². The molecule has 3 aromatic rings. The molecule has 1 spiro atoms. The number of aliphatic hydroxyl groups is 1. The standard InChI is InChI=1S/C38H42Cl2N2O5/c1-22(2)20-42(34(45)18-24-9-12-28(39)29(40)17-24)30-13-11-27-31-19-26-10-14-33(46-23(3)43)36-35(26)38(27,37(30)47-36)15-16-41(31)21-32(44)25-7-5-4-6-8-25/h4-10,12,14,17,22,27,30-32,37,44H,11,13,15-16,18-21H2,1-3H3/t27-,30+,31+,32?,37-,38-/m0/s1. The molecule has 6 atom stereocenters. The summed E-state index contributed by atoms with van der Waals surface area (Å²) in [6, 6.07) is 19.3. The number of amides is 1. The van der Waals surface area contributed by atoms with E-state index in [4.69, 9.17) is 32.7 Å². The van der Waals surface area contributed by atoms with Gasteiger partial charge in [-0.25, -0.2) is 0 Å². The molecular weight excluding hydrogens is 635 g/mol. The van der Waals surface area contributed by atoms with Crippen LogP contribution in [-0.4, -0.2) is 64.6 Å². The minimum Gasteiger partial charge on any atom is -0.483 e. The zero-order valence-electron chi connectivity index (χ0n) is 27.1. The number of ether oxygens (including phenoxy) is 2. The molecule has 0 radical (unpaired) electrons. The van der Waals surface area contributed by atoms with Gasteiger partial charge in [0.1, 0.15) is 6.10 Å². The highest BCUT2D eigenvalue weighted by Crippen LogP contribution is 2.64. The number of nitrogens with zero attached hydrogens (tertiary/aromatic N) is 2. The third-order valence-corrected chi connectivity index (χ3v) is 11.6. The van der Waals surface area contributed by atoms with Gasteiger partial charge in [-0.05, 0) is 79.0 Å². The van der Waals surface area contributed by atoms with Crippen molar-refractivity contribution < 1.29 is 24.2 Å². The van der Waals surface area contributed by atoms with Gasteiger partial charge in [0.2, 0.25) is 5.91 Å². The Balaban J connectivity index is 1.26. The molecule has 2 aliphatic carbocycles. The zero-order chi connectivity index (χ0) is 33.0. The van der Waals surface area contributed by atoms with Crippen LogP contribution < -0.4 is 9.47 Å². The van der Waals surface area contributed by atoms with Gasteiger partial charge < -0.3 is 19.5 Å². The second-order valence-electron chi connectivity index (χ2n) is 14.2. The molecule has 1 amide bonds. The van der Waals surface area contributed by atoms with Crippen molar-refractivity contribution in [2.24, 2.45) is 11.8 Å². The third kappa shape index (κ3) is 5.73. The number of piperidine rings is 1. The first-order valence-electron chi connectivity index (χ1n) is 16.8. The Morgan fingerprint density at radius 1 is 1.09 bits per heavy atom. The van der Waals surface area contributed by atoms with Crippen LogP contribution >= 0.6 is 23.2 Å². The molecule has 7 nitrogen and oxygen atoms in total. The molecule has 3 aromatic carbocycles. The van der Waals surface area contributed by atoms with Crippen molar-refractivity contribution in [2.75, 3.05) is 19.6 Å². The molecule has 1 saturated carbocycles. The van der Waals surface area contributed by atoms with Crippen LogP contribution in [0, 0.1) is 11.8 Å². The Morgan fingerprint density at radius 2 is 1.87 bits per heavy atom. The molecule has 47 heavy (non-hydrogen) atoms. The molecule has 2 fully saturated rings. The van der Waals surface area contributed by atoms with Crippen LogP contribution in [0.3, 0.4) is 0 Å². The van der Waals surface area contributed by atoms with Gasteiger partial charge in [0.15, 0.2) is 11.5 Å². The van der Waals surface area contributed by atoms with Crippen LogP contribution in [0.5, 0.6) is 11.5 Å². The average Bonchev–Trinajstić information content (AvgIpc) is 3.39. The van der Waals surface area contributed by atoms with Crippen molar-refractivity contribution in [1.29, 1.82) is 0 Å². The van der Waals surface area contributed by atoms with E-state index in [1.165, 1.54) is 12.5 Å². The Hall–Kier alpha value is -3.10. The number of halogens is 2. The highest BCUT2D eigenvalue weighted by atomic mass is 35.5. The summed E-state index contributed by atoms with van der Waals surface area (Å²) in [4.78, 5) is 31.0. The largest absolute Gasteiger partial charge is 0.483 e. The Labute approximate surface area is 286 Å². The summed E-state index contributed by atoms with van der Waals surface area (Å²) >= 11 is 12.5. The lowest BCUT2D eigenvalue weighted by Crippen LogP contribution is -2.69. The Bertz CT molecular complexity index is 1680. The summed E-state index contributed by atoms with van der Waals surface area (Å²) in [5, 5.41) is 12.2. The predicted octanol–water partition coefficient (Wildman–Crippen LogP) is 6.79. The lowest BCUT2D eigenvalue weighted by Gasteiger charge is -2.60. The van der Waals surface area contributed by atoms with Gasteiger partial charge in [0.05, 0.1) is 28.6 Å². The summed E-state index contributed by atoms with van der Waals surface area (Å²) in [6.07, 6.45) is 2.75. The minimum atomic E-state index is -0.582. The number of hydrogen-bond donors (Lipinski definition) is 1. The summed E-state index contributed by atoms with van der Waals surface area (Å²) in [5.74, 6) is 1.29. The van der Waals surface area contributed by atoms with Crippen LogP contribution in [0.4, 0.5) is 0 Å². The van der Waals surface area contributed by atoms with E-state index in [1.807, 2.05) is 42.5 Å². The van der Waals surface area contributed by atoms with Crippen LogP contribution in [0.2, 0.25) is 10.0 Å². The fraction of sp³-hybridized carbons (Fsp3) is 0.474. The number of carbonyl (C=O) groups is 2. The van der Waals surface area contributed by atoms with Crippen molar-refractivity contribution in [3.8, 4) is 11.5 Å². The molecule has 4 aliphatic rings.